The first-order valence-corrected chi connectivity index (χ1v) is 4.88. The number of aromatic nitrogens is 2. The number of nitrogen functional groups attached to an aromatic ring is 1. The van der Waals surface area contributed by atoms with Gasteiger partial charge in [0.1, 0.15) is 5.69 Å². The molecule has 0 radical (unpaired) electrons. The third-order valence-electron chi connectivity index (χ3n) is 1.50. The van der Waals surface area contributed by atoms with Crippen LogP contribution in [0.3, 0.4) is 0 Å². The van der Waals surface area contributed by atoms with Crippen LogP contribution in [0.25, 0.3) is 0 Å². The van der Waals surface area contributed by atoms with Gasteiger partial charge in [-0.1, -0.05) is 25.6 Å². The van der Waals surface area contributed by atoms with E-state index in [4.69, 9.17) is 5.73 Å². The highest BCUT2D eigenvalue weighted by Crippen LogP contribution is 2.20. The lowest BCUT2D eigenvalue weighted by atomic mass is 10.4. The lowest BCUT2D eigenvalue weighted by molar-refractivity contribution is 0.108. The van der Waals surface area contributed by atoms with E-state index in [0.717, 1.165) is 0 Å². The first-order valence-electron chi connectivity index (χ1n) is 4.01. The summed E-state index contributed by atoms with van der Waals surface area (Å²) in [6, 6.07) is 0. The average Bonchev–Trinajstić information content (AvgIpc) is 2.29. The number of hydrogen-bond acceptors (Lipinski definition) is 4. The number of nitrogens with zero attached hydrogens (tertiary/aromatic N) is 2. The maximum absolute atomic E-state index is 11.6. The molecular formula is C8H13N3OS. The second kappa shape index (κ2) is 3.83. The van der Waals surface area contributed by atoms with E-state index in [9.17, 15) is 4.79 Å². The third kappa shape index (κ3) is 2.24. The van der Waals surface area contributed by atoms with Crippen LogP contribution >= 0.6 is 11.8 Å². The zero-order valence-electron chi connectivity index (χ0n) is 7.94. The highest BCUT2D eigenvalue weighted by molar-refractivity contribution is 8.14. The van der Waals surface area contributed by atoms with Crippen molar-refractivity contribution in [3.63, 3.8) is 0 Å². The van der Waals surface area contributed by atoms with Gasteiger partial charge in [-0.15, -0.1) is 0 Å². The van der Waals surface area contributed by atoms with Crippen LogP contribution in [0.4, 0.5) is 5.69 Å². The predicted molar refractivity (Wildman–Crippen MR) is 54.7 cm³/mol. The molecule has 1 heterocycles. The Labute approximate surface area is 81.5 Å². The molecule has 0 fully saturated rings. The van der Waals surface area contributed by atoms with Crippen LogP contribution < -0.4 is 5.73 Å². The Morgan fingerprint density at radius 2 is 2.31 bits per heavy atom. The molecular weight excluding hydrogens is 186 g/mol. The van der Waals surface area contributed by atoms with Gasteiger partial charge >= 0.3 is 0 Å². The van der Waals surface area contributed by atoms with Crippen LogP contribution in [0.15, 0.2) is 6.20 Å². The summed E-state index contributed by atoms with van der Waals surface area (Å²) >= 11 is 1.26. The molecule has 2 N–H and O–H groups in total. The first kappa shape index (κ1) is 10.1. The van der Waals surface area contributed by atoms with Crippen molar-refractivity contribution < 1.29 is 4.79 Å². The molecule has 1 aromatic rings. The van der Waals surface area contributed by atoms with Crippen molar-refractivity contribution in [1.29, 1.82) is 0 Å². The Hall–Kier alpha value is -0.970. The lowest BCUT2D eigenvalue weighted by Crippen LogP contribution is -2.08. The van der Waals surface area contributed by atoms with Gasteiger partial charge in [-0.2, -0.15) is 5.10 Å². The summed E-state index contributed by atoms with van der Waals surface area (Å²) in [5.74, 6) is 0. The molecule has 1 aromatic heterocycles. The van der Waals surface area contributed by atoms with Gasteiger partial charge in [0, 0.05) is 12.3 Å². The largest absolute Gasteiger partial charge is 0.396 e. The van der Waals surface area contributed by atoms with E-state index in [2.05, 4.69) is 5.10 Å². The summed E-state index contributed by atoms with van der Waals surface area (Å²) in [5, 5.41) is 4.15. The van der Waals surface area contributed by atoms with Gasteiger partial charge < -0.3 is 5.73 Å². The van der Waals surface area contributed by atoms with E-state index >= 15 is 0 Å². The summed E-state index contributed by atoms with van der Waals surface area (Å²) in [7, 11) is 1.71. The second-order valence-electron chi connectivity index (χ2n) is 3.03. The molecule has 5 heteroatoms. The fraction of sp³-hybridized carbons (Fsp3) is 0.500. The van der Waals surface area contributed by atoms with Crippen LogP contribution in [0.1, 0.15) is 24.3 Å². The minimum Gasteiger partial charge on any atom is -0.396 e. The minimum atomic E-state index is -0.0208. The molecule has 72 valence electrons. The summed E-state index contributed by atoms with van der Waals surface area (Å²) < 4.78 is 1.51. The molecule has 0 saturated heterocycles. The summed E-state index contributed by atoms with van der Waals surface area (Å²) in [6.45, 7) is 3.93. The monoisotopic (exact) mass is 199 g/mol. The standard InChI is InChI=1S/C8H13N3OS/c1-5(2)13-8(12)7-6(9)4-10-11(7)3/h4-5H,9H2,1-3H3. The minimum absolute atomic E-state index is 0.0208. The van der Waals surface area contributed by atoms with E-state index in [1.54, 1.807) is 7.05 Å². The molecule has 1 rings (SSSR count). The topological polar surface area (TPSA) is 60.9 Å². The Kier molecular flexibility index (Phi) is 2.98. The number of hydrogen-bond donors (Lipinski definition) is 1. The van der Waals surface area contributed by atoms with Crippen LogP contribution in [0.5, 0.6) is 0 Å². The van der Waals surface area contributed by atoms with Crippen molar-refractivity contribution in [1.82, 2.24) is 9.78 Å². The van der Waals surface area contributed by atoms with Gasteiger partial charge in [-0.3, -0.25) is 9.48 Å². The summed E-state index contributed by atoms with van der Waals surface area (Å²) in [4.78, 5) is 11.6. The highest BCUT2D eigenvalue weighted by Gasteiger charge is 2.16. The summed E-state index contributed by atoms with van der Waals surface area (Å²) in [5.41, 5.74) is 6.53. The molecule has 0 bridgehead atoms. The number of thioether (sulfide) groups is 1. The van der Waals surface area contributed by atoms with Crippen LogP contribution in [-0.2, 0) is 7.05 Å². The predicted octanol–water partition coefficient (Wildman–Crippen LogP) is 1.28. The van der Waals surface area contributed by atoms with Crippen LogP contribution in [0.2, 0.25) is 0 Å². The zero-order valence-corrected chi connectivity index (χ0v) is 8.76. The Bertz CT molecular complexity index is 300. The van der Waals surface area contributed by atoms with Crippen molar-refractivity contribution in [2.45, 2.75) is 19.1 Å². The normalized spacial score (nSPS) is 10.8. The molecule has 0 spiro atoms. The van der Waals surface area contributed by atoms with Crippen molar-refractivity contribution in [2.75, 3.05) is 5.73 Å². The molecule has 0 aliphatic heterocycles. The second-order valence-corrected chi connectivity index (χ2v) is 4.58. The molecule has 4 nitrogen and oxygen atoms in total. The first-order chi connectivity index (χ1) is 6.02. The fourth-order valence-corrected chi connectivity index (χ4v) is 1.76. The summed E-state index contributed by atoms with van der Waals surface area (Å²) in [6.07, 6.45) is 1.49. The number of aryl methyl sites for hydroxylation is 1. The molecule has 0 saturated carbocycles. The molecule has 0 atom stereocenters. The number of anilines is 1. The number of carbonyl (C=O) groups is 1. The molecule has 13 heavy (non-hydrogen) atoms. The van der Waals surface area contributed by atoms with Gasteiger partial charge in [-0.05, 0) is 0 Å². The quantitative estimate of drug-likeness (QED) is 0.779. The molecule has 0 aliphatic carbocycles. The smallest absolute Gasteiger partial charge is 0.239 e. The highest BCUT2D eigenvalue weighted by atomic mass is 32.2. The van der Waals surface area contributed by atoms with Gasteiger partial charge in [0.15, 0.2) is 0 Å². The van der Waals surface area contributed by atoms with Crippen molar-refractivity contribution >= 4 is 22.6 Å². The van der Waals surface area contributed by atoms with E-state index < -0.39 is 0 Å². The fourth-order valence-electron chi connectivity index (χ4n) is 0.974. The zero-order chi connectivity index (χ0) is 10.0. The van der Waals surface area contributed by atoms with E-state index in [1.807, 2.05) is 13.8 Å². The maximum Gasteiger partial charge on any atom is 0.239 e. The number of nitrogens with two attached hydrogens (primary N) is 1. The van der Waals surface area contributed by atoms with E-state index in [-0.39, 0.29) is 10.4 Å². The third-order valence-corrected chi connectivity index (χ3v) is 2.38. The SMILES string of the molecule is CC(C)SC(=O)c1c(N)cnn1C. The Morgan fingerprint density at radius 1 is 1.69 bits per heavy atom. The maximum atomic E-state index is 11.6. The molecule has 0 amide bonds. The van der Waals surface area contributed by atoms with Gasteiger partial charge in [0.05, 0.1) is 11.9 Å². The van der Waals surface area contributed by atoms with Crippen LogP contribution in [-0.4, -0.2) is 20.1 Å². The lowest BCUT2D eigenvalue weighted by Gasteiger charge is -2.04. The Balaban J connectivity index is 2.88. The van der Waals surface area contributed by atoms with Crippen molar-refractivity contribution in [2.24, 2.45) is 7.05 Å². The van der Waals surface area contributed by atoms with E-state index in [1.165, 1.54) is 22.6 Å². The van der Waals surface area contributed by atoms with Crippen molar-refractivity contribution in [3.05, 3.63) is 11.9 Å². The van der Waals surface area contributed by atoms with Crippen LogP contribution in [0, 0.1) is 0 Å². The molecule has 0 unspecified atom stereocenters. The van der Waals surface area contributed by atoms with E-state index in [0.29, 0.717) is 11.4 Å². The van der Waals surface area contributed by atoms with Gasteiger partial charge in [-0.25, -0.2) is 0 Å². The van der Waals surface area contributed by atoms with Gasteiger partial charge in [0.2, 0.25) is 5.12 Å². The number of rotatable bonds is 2. The molecule has 0 aliphatic rings. The number of carbonyl (C=O) groups excluding carboxylic acids is 1. The van der Waals surface area contributed by atoms with Crippen molar-refractivity contribution in [3.8, 4) is 0 Å². The Morgan fingerprint density at radius 3 is 2.69 bits per heavy atom. The average molecular weight is 199 g/mol. The molecule has 0 aromatic carbocycles. The van der Waals surface area contributed by atoms with Gasteiger partial charge in [0.25, 0.3) is 0 Å².